The fraction of sp³-hybridized carbons (Fsp3) is 0.455. The number of aryl methyl sites for hydroxylation is 1. The first kappa shape index (κ1) is 10.6. The molecule has 1 aromatic rings. The fourth-order valence-corrected chi connectivity index (χ4v) is 1.57. The lowest BCUT2D eigenvalue weighted by Crippen LogP contribution is -2.03. The van der Waals surface area contributed by atoms with E-state index in [0.29, 0.717) is 0 Å². The first-order valence-corrected chi connectivity index (χ1v) is 5.88. The van der Waals surface area contributed by atoms with Crippen LogP contribution in [0.3, 0.4) is 0 Å². The Balaban J connectivity index is 2.54. The molecule has 0 heterocycles. The molecule has 0 aliphatic rings. The van der Waals surface area contributed by atoms with Gasteiger partial charge in [0.1, 0.15) is 0 Å². The molecule has 0 amide bonds. The van der Waals surface area contributed by atoms with Gasteiger partial charge in [-0.15, -0.1) is 0 Å². The van der Waals surface area contributed by atoms with Crippen molar-refractivity contribution in [3.8, 4) is 0 Å². The predicted octanol–water partition coefficient (Wildman–Crippen LogP) is 3.45. The largest absolute Gasteiger partial charge is 0.385 e. The van der Waals surface area contributed by atoms with E-state index in [1.165, 1.54) is 11.3 Å². The van der Waals surface area contributed by atoms with Crippen LogP contribution in [0.5, 0.6) is 0 Å². The van der Waals surface area contributed by atoms with E-state index in [-0.39, 0.29) is 0 Å². The third-order valence-corrected chi connectivity index (χ3v) is 2.58. The Hall–Kier alpha value is -0.500. The average molecular weight is 242 g/mol. The highest BCUT2D eigenvalue weighted by Crippen LogP contribution is 2.15. The molecule has 1 rings (SSSR count). The molecule has 1 aromatic carbocycles. The first-order chi connectivity index (χ1) is 6.38. The van der Waals surface area contributed by atoms with Crippen LogP contribution < -0.4 is 5.32 Å². The van der Waals surface area contributed by atoms with Crippen LogP contribution in [0, 0.1) is 0 Å². The summed E-state index contributed by atoms with van der Waals surface area (Å²) in [5, 5.41) is 4.50. The van der Waals surface area contributed by atoms with Crippen molar-refractivity contribution < 1.29 is 0 Å². The molecule has 0 unspecified atom stereocenters. The van der Waals surface area contributed by atoms with Crippen LogP contribution in [-0.4, -0.2) is 11.9 Å². The summed E-state index contributed by atoms with van der Waals surface area (Å²) < 4.78 is 0. The lowest BCUT2D eigenvalue weighted by Gasteiger charge is -2.09. The van der Waals surface area contributed by atoms with Crippen molar-refractivity contribution in [2.75, 3.05) is 17.2 Å². The lowest BCUT2D eigenvalue weighted by molar-refractivity contribution is 0.990. The molecule has 0 fully saturated rings. The van der Waals surface area contributed by atoms with E-state index < -0.39 is 0 Å². The first-order valence-electron chi connectivity index (χ1n) is 4.76. The van der Waals surface area contributed by atoms with Crippen LogP contribution in [0.15, 0.2) is 24.3 Å². The quantitative estimate of drug-likeness (QED) is 0.616. The van der Waals surface area contributed by atoms with Crippen LogP contribution in [0.1, 0.15) is 18.9 Å². The third-order valence-electron chi connectivity index (χ3n) is 2.02. The minimum absolute atomic E-state index is 1.04. The summed E-state index contributed by atoms with van der Waals surface area (Å²) in [6, 6.07) is 8.49. The highest BCUT2D eigenvalue weighted by molar-refractivity contribution is 9.09. The number of nitrogens with one attached hydrogen (secondary N) is 1. The van der Waals surface area contributed by atoms with Crippen LogP contribution in [-0.2, 0) is 6.42 Å². The zero-order valence-electron chi connectivity index (χ0n) is 8.02. The Bertz CT molecular complexity index is 248. The molecule has 0 atom stereocenters. The molecule has 0 aliphatic heterocycles. The van der Waals surface area contributed by atoms with Gasteiger partial charge in [-0.05, 0) is 24.5 Å². The Morgan fingerprint density at radius 3 is 2.77 bits per heavy atom. The molecule has 0 aliphatic carbocycles. The van der Waals surface area contributed by atoms with Crippen molar-refractivity contribution >= 4 is 21.6 Å². The Labute approximate surface area is 88.7 Å². The SMILES string of the molecule is CCc1ccccc1NCCCBr. The number of benzene rings is 1. The van der Waals surface area contributed by atoms with E-state index in [9.17, 15) is 0 Å². The van der Waals surface area contributed by atoms with Crippen molar-refractivity contribution in [1.82, 2.24) is 0 Å². The topological polar surface area (TPSA) is 12.0 Å². The summed E-state index contributed by atoms with van der Waals surface area (Å²) in [5.41, 5.74) is 2.68. The van der Waals surface area contributed by atoms with Gasteiger partial charge in [-0.3, -0.25) is 0 Å². The molecular weight excluding hydrogens is 226 g/mol. The second-order valence-electron chi connectivity index (χ2n) is 2.98. The molecule has 2 heteroatoms. The third kappa shape index (κ3) is 3.39. The minimum Gasteiger partial charge on any atom is -0.385 e. The maximum Gasteiger partial charge on any atom is 0.0372 e. The smallest absolute Gasteiger partial charge is 0.0372 e. The van der Waals surface area contributed by atoms with Gasteiger partial charge in [0, 0.05) is 17.6 Å². The molecule has 0 bridgehead atoms. The van der Waals surface area contributed by atoms with E-state index in [1.54, 1.807) is 0 Å². The minimum atomic E-state index is 1.04. The van der Waals surface area contributed by atoms with Gasteiger partial charge in [-0.1, -0.05) is 41.1 Å². The number of alkyl halides is 1. The van der Waals surface area contributed by atoms with E-state index in [4.69, 9.17) is 0 Å². The van der Waals surface area contributed by atoms with E-state index in [0.717, 1.165) is 24.7 Å². The number of para-hydroxylation sites is 1. The Morgan fingerprint density at radius 2 is 2.08 bits per heavy atom. The van der Waals surface area contributed by atoms with Gasteiger partial charge in [0.25, 0.3) is 0 Å². The van der Waals surface area contributed by atoms with Gasteiger partial charge in [0.15, 0.2) is 0 Å². The molecule has 0 radical (unpaired) electrons. The summed E-state index contributed by atoms with van der Waals surface area (Å²) in [4.78, 5) is 0. The summed E-state index contributed by atoms with van der Waals surface area (Å²) >= 11 is 3.42. The summed E-state index contributed by atoms with van der Waals surface area (Å²) in [7, 11) is 0. The maximum absolute atomic E-state index is 3.44. The zero-order valence-corrected chi connectivity index (χ0v) is 9.60. The van der Waals surface area contributed by atoms with Crippen LogP contribution in [0.25, 0.3) is 0 Å². The van der Waals surface area contributed by atoms with Gasteiger partial charge < -0.3 is 5.32 Å². The normalized spacial score (nSPS) is 10.0. The fourth-order valence-electron chi connectivity index (χ4n) is 1.29. The molecule has 13 heavy (non-hydrogen) atoms. The summed E-state index contributed by atoms with van der Waals surface area (Å²) in [6.07, 6.45) is 2.26. The van der Waals surface area contributed by atoms with Crippen molar-refractivity contribution in [3.63, 3.8) is 0 Å². The molecule has 1 N–H and O–H groups in total. The van der Waals surface area contributed by atoms with Gasteiger partial charge in [0.05, 0.1) is 0 Å². The highest BCUT2D eigenvalue weighted by atomic mass is 79.9. The number of halogens is 1. The van der Waals surface area contributed by atoms with Gasteiger partial charge >= 0.3 is 0 Å². The predicted molar refractivity (Wildman–Crippen MR) is 62.7 cm³/mol. The van der Waals surface area contributed by atoms with E-state index >= 15 is 0 Å². The van der Waals surface area contributed by atoms with Crippen LogP contribution >= 0.6 is 15.9 Å². The molecule has 0 aromatic heterocycles. The number of hydrogen-bond acceptors (Lipinski definition) is 1. The summed E-state index contributed by atoms with van der Waals surface area (Å²) in [6.45, 7) is 3.23. The Kier molecular flexibility index (Phi) is 4.91. The number of hydrogen-bond donors (Lipinski definition) is 1. The van der Waals surface area contributed by atoms with Crippen molar-refractivity contribution in [1.29, 1.82) is 0 Å². The second-order valence-corrected chi connectivity index (χ2v) is 3.77. The number of rotatable bonds is 5. The molecular formula is C11H16BrN. The molecule has 72 valence electrons. The zero-order chi connectivity index (χ0) is 9.52. The molecule has 0 spiro atoms. The Morgan fingerprint density at radius 1 is 1.31 bits per heavy atom. The molecule has 0 saturated heterocycles. The van der Waals surface area contributed by atoms with E-state index in [2.05, 4.69) is 52.4 Å². The summed E-state index contributed by atoms with van der Waals surface area (Å²) in [5.74, 6) is 0. The van der Waals surface area contributed by atoms with Crippen molar-refractivity contribution in [2.45, 2.75) is 19.8 Å². The lowest BCUT2D eigenvalue weighted by atomic mass is 10.1. The average Bonchev–Trinajstić information content (AvgIpc) is 2.19. The van der Waals surface area contributed by atoms with Gasteiger partial charge in [0.2, 0.25) is 0 Å². The van der Waals surface area contributed by atoms with Crippen LogP contribution in [0.4, 0.5) is 5.69 Å². The second kappa shape index (κ2) is 6.03. The molecule has 1 nitrogen and oxygen atoms in total. The highest BCUT2D eigenvalue weighted by Gasteiger charge is 1.96. The van der Waals surface area contributed by atoms with Gasteiger partial charge in [-0.25, -0.2) is 0 Å². The number of anilines is 1. The molecule has 0 saturated carbocycles. The van der Waals surface area contributed by atoms with Crippen molar-refractivity contribution in [2.24, 2.45) is 0 Å². The maximum atomic E-state index is 3.44. The monoisotopic (exact) mass is 241 g/mol. The van der Waals surface area contributed by atoms with E-state index in [1.807, 2.05) is 0 Å². The van der Waals surface area contributed by atoms with Gasteiger partial charge in [-0.2, -0.15) is 0 Å². The van der Waals surface area contributed by atoms with Crippen LogP contribution in [0.2, 0.25) is 0 Å². The van der Waals surface area contributed by atoms with Crippen molar-refractivity contribution in [3.05, 3.63) is 29.8 Å². The standard InChI is InChI=1S/C11H16BrN/c1-2-10-6-3-4-7-11(10)13-9-5-8-12/h3-4,6-7,13H,2,5,8-9H2,1H3.